The van der Waals surface area contributed by atoms with Crippen molar-refractivity contribution in [1.82, 2.24) is 10.2 Å². The van der Waals surface area contributed by atoms with E-state index in [1.54, 1.807) is 0 Å². The molecule has 1 aliphatic heterocycles. The number of hydrogen-bond donors (Lipinski definition) is 1. The number of nitrogens with zero attached hydrogens (tertiary/aromatic N) is 1. The van der Waals surface area contributed by atoms with Crippen LogP contribution in [-0.4, -0.2) is 38.2 Å². The Bertz CT molecular complexity index is 415. The second-order valence-corrected chi connectivity index (χ2v) is 5.90. The molecule has 112 valence electrons. The Kier molecular flexibility index (Phi) is 5.44. The molecule has 0 saturated heterocycles. The summed E-state index contributed by atoms with van der Waals surface area (Å²) in [6.45, 7) is 9.64. The summed E-state index contributed by atoms with van der Waals surface area (Å²) in [5.74, 6) is 1.06. The first-order valence-electron chi connectivity index (χ1n) is 7.80. The van der Waals surface area contributed by atoms with Crippen LogP contribution in [0.15, 0.2) is 24.3 Å². The Hall–Kier alpha value is -1.06. The predicted octanol–water partition coefficient (Wildman–Crippen LogP) is 2.91. The maximum atomic E-state index is 5.86. The Morgan fingerprint density at radius 1 is 1.25 bits per heavy atom. The molecule has 0 saturated carbocycles. The minimum Gasteiger partial charge on any atom is -0.492 e. The fraction of sp³-hybridized carbons (Fsp3) is 0.647. The van der Waals surface area contributed by atoms with Crippen molar-refractivity contribution in [2.75, 3.05) is 33.3 Å². The summed E-state index contributed by atoms with van der Waals surface area (Å²) in [6.07, 6.45) is 2.42. The number of hydrogen-bond acceptors (Lipinski definition) is 3. The van der Waals surface area contributed by atoms with E-state index in [9.17, 15) is 0 Å². The third-order valence-electron chi connectivity index (χ3n) is 4.64. The Morgan fingerprint density at radius 2 is 2.00 bits per heavy atom. The van der Waals surface area contributed by atoms with Gasteiger partial charge in [-0.2, -0.15) is 0 Å². The van der Waals surface area contributed by atoms with E-state index in [4.69, 9.17) is 4.74 Å². The Balaban J connectivity index is 2.09. The molecule has 1 heterocycles. The van der Waals surface area contributed by atoms with Crippen LogP contribution >= 0.6 is 0 Å². The van der Waals surface area contributed by atoms with Crippen LogP contribution in [0.3, 0.4) is 0 Å². The first-order chi connectivity index (χ1) is 9.73. The van der Waals surface area contributed by atoms with Crippen molar-refractivity contribution in [2.24, 2.45) is 5.41 Å². The molecule has 0 unspecified atom stereocenters. The quantitative estimate of drug-likeness (QED) is 0.864. The average Bonchev–Trinajstić information content (AvgIpc) is 2.68. The van der Waals surface area contributed by atoms with Gasteiger partial charge in [0.1, 0.15) is 12.4 Å². The summed E-state index contributed by atoms with van der Waals surface area (Å²) in [6, 6.07) is 8.43. The largest absolute Gasteiger partial charge is 0.492 e. The lowest BCUT2D eigenvalue weighted by atomic mass is 9.81. The van der Waals surface area contributed by atoms with Gasteiger partial charge in [0.2, 0.25) is 0 Å². The number of fused-ring (bicyclic) bond motifs is 1. The van der Waals surface area contributed by atoms with E-state index in [0.29, 0.717) is 5.41 Å². The van der Waals surface area contributed by atoms with Crippen molar-refractivity contribution in [2.45, 2.75) is 33.2 Å². The number of nitrogens with one attached hydrogen (secondary N) is 1. The summed E-state index contributed by atoms with van der Waals surface area (Å²) in [5.41, 5.74) is 1.68. The van der Waals surface area contributed by atoms with Crippen LogP contribution in [0.25, 0.3) is 0 Å². The number of rotatable bonds is 6. The van der Waals surface area contributed by atoms with Crippen molar-refractivity contribution in [3.63, 3.8) is 0 Å². The molecular weight excluding hydrogens is 248 g/mol. The summed E-state index contributed by atoms with van der Waals surface area (Å²) >= 11 is 0. The molecule has 0 aliphatic carbocycles. The molecule has 0 bridgehead atoms. The highest BCUT2D eigenvalue weighted by molar-refractivity contribution is 5.33. The smallest absolute Gasteiger partial charge is 0.123 e. The fourth-order valence-corrected chi connectivity index (χ4v) is 3.14. The van der Waals surface area contributed by atoms with Crippen molar-refractivity contribution < 1.29 is 4.74 Å². The van der Waals surface area contributed by atoms with Gasteiger partial charge in [0, 0.05) is 31.7 Å². The molecule has 3 heteroatoms. The standard InChI is InChI=1S/C17H28N2O/c1-4-17(5-2,13-18-3)14-19-10-11-20-16-9-7-6-8-15(16)12-19/h6-9,18H,4-5,10-14H2,1-3H3. The van der Waals surface area contributed by atoms with Crippen molar-refractivity contribution in [1.29, 1.82) is 0 Å². The monoisotopic (exact) mass is 276 g/mol. The first-order valence-corrected chi connectivity index (χ1v) is 7.80. The van der Waals surface area contributed by atoms with Gasteiger partial charge in [-0.05, 0) is 31.4 Å². The van der Waals surface area contributed by atoms with Crippen LogP contribution in [0.5, 0.6) is 5.75 Å². The van der Waals surface area contributed by atoms with E-state index in [2.05, 4.69) is 55.4 Å². The highest BCUT2D eigenvalue weighted by Crippen LogP contribution is 2.29. The molecule has 3 nitrogen and oxygen atoms in total. The SMILES string of the molecule is CCC(CC)(CNC)CN1CCOc2ccccc2C1. The summed E-state index contributed by atoms with van der Waals surface area (Å²) < 4.78 is 5.86. The zero-order chi connectivity index (χ0) is 14.4. The second-order valence-electron chi connectivity index (χ2n) is 5.90. The minimum atomic E-state index is 0.369. The van der Waals surface area contributed by atoms with Gasteiger partial charge in [-0.3, -0.25) is 4.90 Å². The third-order valence-corrected chi connectivity index (χ3v) is 4.64. The highest BCUT2D eigenvalue weighted by Gasteiger charge is 2.29. The minimum absolute atomic E-state index is 0.369. The molecule has 0 spiro atoms. The zero-order valence-corrected chi connectivity index (χ0v) is 13.1. The fourth-order valence-electron chi connectivity index (χ4n) is 3.14. The van der Waals surface area contributed by atoms with Crippen molar-refractivity contribution in [3.8, 4) is 5.75 Å². The van der Waals surface area contributed by atoms with Crippen molar-refractivity contribution >= 4 is 0 Å². The molecule has 1 N–H and O–H groups in total. The molecule has 0 radical (unpaired) electrons. The normalized spacial score (nSPS) is 16.4. The molecule has 1 aromatic rings. The van der Waals surface area contributed by atoms with E-state index < -0.39 is 0 Å². The maximum Gasteiger partial charge on any atom is 0.123 e. The van der Waals surface area contributed by atoms with Gasteiger partial charge in [0.25, 0.3) is 0 Å². The van der Waals surface area contributed by atoms with Gasteiger partial charge >= 0.3 is 0 Å². The number of ether oxygens (including phenoxy) is 1. The average molecular weight is 276 g/mol. The molecule has 20 heavy (non-hydrogen) atoms. The zero-order valence-electron chi connectivity index (χ0n) is 13.1. The van der Waals surface area contributed by atoms with E-state index in [-0.39, 0.29) is 0 Å². The second kappa shape index (κ2) is 7.09. The molecule has 2 rings (SSSR count). The lowest BCUT2D eigenvalue weighted by Crippen LogP contribution is -2.43. The van der Waals surface area contributed by atoms with Crippen LogP contribution < -0.4 is 10.1 Å². The molecule has 1 aromatic carbocycles. The van der Waals surface area contributed by atoms with Crippen LogP contribution in [-0.2, 0) is 6.54 Å². The van der Waals surface area contributed by atoms with Gasteiger partial charge in [0.15, 0.2) is 0 Å². The summed E-state index contributed by atoms with van der Waals surface area (Å²) in [4.78, 5) is 2.55. The van der Waals surface area contributed by atoms with E-state index in [1.807, 2.05) is 0 Å². The molecule has 0 aromatic heterocycles. The Morgan fingerprint density at radius 3 is 2.70 bits per heavy atom. The van der Waals surface area contributed by atoms with Crippen LogP contribution in [0.4, 0.5) is 0 Å². The van der Waals surface area contributed by atoms with Gasteiger partial charge in [-0.15, -0.1) is 0 Å². The van der Waals surface area contributed by atoms with Crippen LogP contribution in [0, 0.1) is 5.41 Å². The predicted molar refractivity (Wildman–Crippen MR) is 84.2 cm³/mol. The van der Waals surface area contributed by atoms with Gasteiger partial charge < -0.3 is 10.1 Å². The summed E-state index contributed by atoms with van der Waals surface area (Å²) in [5, 5.41) is 3.38. The summed E-state index contributed by atoms with van der Waals surface area (Å²) in [7, 11) is 2.06. The highest BCUT2D eigenvalue weighted by atomic mass is 16.5. The lowest BCUT2D eigenvalue weighted by molar-refractivity contribution is 0.123. The number of benzene rings is 1. The topological polar surface area (TPSA) is 24.5 Å². The molecule has 0 amide bonds. The van der Waals surface area contributed by atoms with E-state index in [0.717, 1.165) is 38.5 Å². The van der Waals surface area contributed by atoms with E-state index in [1.165, 1.54) is 18.4 Å². The molecular formula is C17H28N2O. The van der Waals surface area contributed by atoms with E-state index >= 15 is 0 Å². The van der Waals surface area contributed by atoms with Crippen LogP contribution in [0.2, 0.25) is 0 Å². The molecule has 0 fully saturated rings. The van der Waals surface area contributed by atoms with Crippen molar-refractivity contribution in [3.05, 3.63) is 29.8 Å². The molecule has 1 aliphatic rings. The lowest BCUT2D eigenvalue weighted by Gasteiger charge is -2.36. The molecule has 0 atom stereocenters. The van der Waals surface area contributed by atoms with Gasteiger partial charge in [-0.25, -0.2) is 0 Å². The number of para-hydroxylation sites is 1. The first kappa shape index (κ1) is 15.3. The third kappa shape index (κ3) is 3.53. The maximum absolute atomic E-state index is 5.86. The Labute approximate surface area is 123 Å². The van der Waals surface area contributed by atoms with Crippen LogP contribution in [0.1, 0.15) is 32.3 Å². The van der Waals surface area contributed by atoms with Gasteiger partial charge in [0.05, 0.1) is 0 Å². The van der Waals surface area contributed by atoms with Gasteiger partial charge in [-0.1, -0.05) is 32.0 Å².